The molecule has 2 atom stereocenters. The van der Waals surface area contributed by atoms with E-state index in [4.69, 9.17) is 0 Å². The standard InChI is InChI=1S/C14H28N2S/c1-3-17-10-7-12(2)16-9-4-8-15-14(11-16)13-5-6-13/h12-15H,3-11H2,1-2H3. The first kappa shape index (κ1) is 13.7. The molecule has 100 valence electrons. The Bertz CT molecular complexity index is 218. The van der Waals surface area contributed by atoms with E-state index < -0.39 is 0 Å². The van der Waals surface area contributed by atoms with E-state index in [-0.39, 0.29) is 0 Å². The molecule has 2 unspecified atom stereocenters. The predicted octanol–water partition coefficient (Wildman–Crippen LogP) is 2.59. The van der Waals surface area contributed by atoms with Crippen molar-refractivity contribution >= 4 is 11.8 Å². The van der Waals surface area contributed by atoms with Gasteiger partial charge in [0.2, 0.25) is 0 Å². The van der Waals surface area contributed by atoms with E-state index in [0.717, 1.165) is 18.0 Å². The van der Waals surface area contributed by atoms with Gasteiger partial charge >= 0.3 is 0 Å². The molecule has 1 aliphatic heterocycles. The van der Waals surface area contributed by atoms with Gasteiger partial charge in [0, 0.05) is 18.6 Å². The molecule has 1 saturated heterocycles. The van der Waals surface area contributed by atoms with Gasteiger partial charge in [-0.05, 0) is 63.1 Å². The Morgan fingerprint density at radius 2 is 2.24 bits per heavy atom. The SMILES string of the molecule is CCSCCC(C)N1CCCNC(C2CC2)C1. The van der Waals surface area contributed by atoms with Crippen LogP contribution in [-0.4, -0.2) is 48.1 Å². The van der Waals surface area contributed by atoms with Crippen molar-refractivity contribution in [2.45, 2.75) is 51.6 Å². The number of nitrogens with zero attached hydrogens (tertiary/aromatic N) is 1. The maximum Gasteiger partial charge on any atom is 0.0223 e. The van der Waals surface area contributed by atoms with Crippen LogP contribution in [0.2, 0.25) is 0 Å². The molecule has 1 N–H and O–H groups in total. The van der Waals surface area contributed by atoms with Crippen LogP contribution < -0.4 is 5.32 Å². The Labute approximate surface area is 111 Å². The van der Waals surface area contributed by atoms with Gasteiger partial charge in [0.15, 0.2) is 0 Å². The van der Waals surface area contributed by atoms with Crippen molar-refractivity contribution < 1.29 is 0 Å². The van der Waals surface area contributed by atoms with Crippen LogP contribution in [0.5, 0.6) is 0 Å². The maximum atomic E-state index is 3.75. The zero-order valence-electron chi connectivity index (χ0n) is 11.5. The van der Waals surface area contributed by atoms with E-state index in [2.05, 4.69) is 35.8 Å². The summed E-state index contributed by atoms with van der Waals surface area (Å²) in [6.45, 7) is 8.50. The van der Waals surface area contributed by atoms with E-state index in [1.54, 1.807) is 0 Å². The molecule has 0 radical (unpaired) electrons. The van der Waals surface area contributed by atoms with Gasteiger partial charge < -0.3 is 5.32 Å². The van der Waals surface area contributed by atoms with E-state index >= 15 is 0 Å². The largest absolute Gasteiger partial charge is 0.312 e. The normalized spacial score (nSPS) is 28.9. The molecule has 17 heavy (non-hydrogen) atoms. The molecule has 3 heteroatoms. The third-order valence-electron chi connectivity index (χ3n) is 4.16. The van der Waals surface area contributed by atoms with Gasteiger partial charge in [-0.25, -0.2) is 0 Å². The van der Waals surface area contributed by atoms with Gasteiger partial charge in [-0.3, -0.25) is 4.90 Å². The van der Waals surface area contributed by atoms with Crippen molar-refractivity contribution in [1.29, 1.82) is 0 Å². The lowest BCUT2D eigenvalue weighted by Crippen LogP contribution is -2.43. The molecule has 1 heterocycles. The van der Waals surface area contributed by atoms with Gasteiger partial charge in [0.1, 0.15) is 0 Å². The molecule has 1 aliphatic carbocycles. The topological polar surface area (TPSA) is 15.3 Å². The second-order valence-electron chi connectivity index (χ2n) is 5.58. The van der Waals surface area contributed by atoms with E-state index in [9.17, 15) is 0 Å². The van der Waals surface area contributed by atoms with E-state index in [1.807, 2.05) is 0 Å². The summed E-state index contributed by atoms with van der Waals surface area (Å²) in [5, 5.41) is 3.75. The third-order valence-corrected chi connectivity index (χ3v) is 5.09. The minimum atomic E-state index is 0.773. The van der Waals surface area contributed by atoms with Gasteiger partial charge in [-0.2, -0.15) is 11.8 Å². The van der Waals surface area contributed by atoms with Crippen molar-refractivity contribution in [2.24, 2.45) is 5.92 Å². The number of rotatable bonds is 6. The van der Waals surface area contributed by atoms with Crippen molar-refractivity contribution in [2.75, 3.05) is 31.1 Å². The number of hydrogen-bond acceptors (Lipinski definition) is 3. The molecule has 0 spiro atoms. The molecular weight excluding hydrogens is 228 g/mol. The Morgan fingerprint density at radius 3 is 2.94 bits per heavy atom. The van der Waals surface area contributed by atoms with Gasteiger partial charge in [-0.15, -0.1) is 0 Å². The smallest absolute Gasteiger partial charge is 0.0223 e. The average molecular weight is 256 g/mol. The lowest BCUT2D eigenvalue weighted by Gasteiger charge is -2.30. The summed E-state index contributed by atoms with van der Waals surface area (Å²) in [6, 6.07) is 1.56. The fraction of sp³-hybridized carbons (Fsp3) is 1.00. The molecule has 2 fully saturated rings. The molecule has 0 aromatic rings. The number of nitrogens with one attached hydrogen (secondary N) is 1. The molecule has 0 aromatic heterocycles. The van der Waals surface area contributed by atoms with Crippen LogP contribution in [0.1, 0.15) is 39.5 Å². The van der Waals surface area contributed by atoms with Crippen molar-refractivity contribution in [1.82, 2.24) is 10.2 Å². The monoisotopic (exact) mass is 256 g/mol. The van der Waals surface area contributed by atoms with Crippen molar-refractivity contribution in [3.63, 3.8) is 0 Å². The first-order valence-electron chi connectivity index (χ1n) is 7.36. The zero-order valence-corrected chi connectivity index (χ0v) is 12.3. The molecule has 0 amide bonds. The minimum absolute atomic E-state index is 0.773. The molecule has 1 saturated carbocycles. The van der Waals surface area contributed by atoms with Crippen LogP contribution in [0.4, 0.5) is 0 Å². The van der Waals surface area contributed by atoms with Crippen LogP contribution >= 0.6 is 11.8 Å². The number of thioether (sulfide) groups is 1. The van der Waals surface area contributed by atoms with Crippen molar-refractivity contribution in [3.8, 4) is 0 Å². The Morgan fingerprint density at radius 1 is 1.41 bits per heavy atom. The fourth-order valence-corrected chi connectivity index (χ4v) is 3.57. The minimum Gasteiger partial charge on any atom is -0.312 e. The molecule has 2 rings (SSSR count). The molecule has 2 aliphatic rings. The second-order valence-corrected chi connectivity index (χ2v) is 6.98. The summed E-state index contributed by atoms with van der Waals surface area (Å²) < 4.78 is 0. The average Bonchev–Trinajstić information content (AvgIpc) is 3.15. The molecule has 0 bridgehead atoms. The van der Waals surface area contributed by atoms with E-state index in [1.165, 1.54) is 56.8 Å². The van der Waals surface area contributed by atoms with Crippen LogP contribution in [0, 0.1) is 5.92 Å². The molecule has 0 aromatic carbocycles. The highest BCUT2D eigenvalue weighted by atomic mass is 32.2. The van der Waals surface area contributed by atoms with Crippen LogP contribution in [-0.2, 0) is 0 Å². The summed E-state index contributed by atoms with van der Waals surface area (Å²) in [5.74, 6) is 3.59. The summed E-state index contributed by atoms with van der Waals surface area (Å²) in [6.07, 6.45) is 5.61. The molecule has 2 nitrogen and oxygen atoms in total. The lowest BCUT2D eigenvalue weighted by atomic mass is 10.1. The Balaban J connectivity index is 1.76. The zero-order chi connectivity index (χ0) is 12.1. The Hall–Kier alpha value is 0.270. The first-order valence-corrected chi connectivity index (χ1v) is 8.52. The first-order chi connectivity index (χ1) is 8.31. The van der Waals surface area contributed by atoms with Crippen LogP contribution in [0.25, 0.3) is 0 Å². The van der Waals surface area contributed by atoms with Gasteiger partial charge in [0.05, 0.1) is 0 Å². The summed E-state index contributed by atoms with van der Waals surface area (Å²) in [7, 11) is 0. The van der Waals surface area contributed by atoms with Crippen molar-refractivity contribution in [3.05, 3.63) is 0 Å². The number of hydrogen-bond donors (Lipinski definition) is 1. The second kappa shape index (κ2) is 7.01. The summed E-state index contributed by atoms with van der Waals surface area (Å²) >= 11 is 2.08. The highest BCUT2D eigenvalue weighted by molar-refractivity contribution is 7.99. The Kier molecular flexibility index (Phi) is 5.64. The maximum absolute atomic E-state index is 3.75. The summed E-state index contributed by atoms with van der Waals surface area (Å²) in [4.78, 5) is 2.74. The lowest BCUT2D eigenvalue weighted by molar-refractivity contribution is 0.196. The summed E-state index contributed by atoms with van der Waals surface area (Å²) in [5.41, 5.74) is 0. The van der Waals surface area contributed by atoms with Gasteiger partial charge in [-0.1, -0.05) is 6.92 Å². The highest BCUT2D eigenvalue weighted by Crippen LogP contribution is 2.33. The highest BCUT2D eigenvalue weighted by Gasteiger charge is 2.33. The third kappa shape index (κ3) is 4.46. The quantitative estimate of drug-likeness (QED) is 0.735. The fourth-order valence-electron chi connectivity index (χ4n) is 2.77. The predicted molar refractivity (Wildman–Crippen MR) is 77.8 cm³/mol. The van der Waals surface area contributed by atoms with Gasteiger partial charge in [0.25, 0.3) is 0 Å². The van der Waals surface area contributed by atoms with E-state index in [0.29, 0.717) is 0 Å². The molecular formula is C14H28N2S. The van der Waals surface area contributed by atoms with Crippen LogP contribution in [0.3, 0.4) is 0 Å². The van der Waals surface area contributed by atoms with Crippen LogP contribution in [0.15, 0.2) is 0 Å².